The number of hydrogen-bond donors (Lipinski definition) is 2. The fourth-order valence-electron chi connectivity index (χ4n) is 1.32. The zero-order chi connectivity index (χ0) is 12.1. The molecule has 0 saturated heterocycles. The van der Waals surface area contributed by atoms with Crippen molar-refractivity contribution in [2.75, 3.05) is 24.8 Å². The second kappa shape index (κ2) is 6.06. The van der Waals surface area contributed by atoms with Crippen molar-refractivity contribution in [2.45, 2.75) is 19.4 Å². The van der Waals surface area contributed by atoms with Crippen molar-refractivity contribution < 1.29 is 9.13 Å². The molecule has 16 heavy (non-hydrogen) atoms. The highest BCUT2D eigenvalue weighted by molar-refractivity contribution is 9.10. The van der Waals surface area contributed by atoms with Gasteiger partial charge in [-0.3, -0.25) is 0 Å². The highest BCUT2D eigenvalue weighted by Gasteiger charge is 2.08. The summed E-state index contributed by atoms with van der Waals surface area (Å²) in [4.78, 5) is 0. The minimum Gasteiger partial charge on any atom is -0.397 e. The van der Waals surface area contributed by atoms with Gasteiger partial charge < -0.3 is 15.8 Å². The molecule has 5 heteroatoms. The summed E-state index contributed by atoms with van der Waals surface area (Å²) in [7, 11) is 1.65. The predicted octanol–water partition coefficient (Wildman–Crippen LogP) is 3.01. The number of methoxy groups -OCH3 is 1. The molecule has 0 amide bonds. The number of ether oxygens (including phenoxy) is 1. The Morgan fingerprint density at radius 3 is 2.88 bits per heavy atom. The molecule has 0 aliphatic carbocycles. The van der Waals surface area contributed by atoms with Crippen LogP contribution in [0, 0.1) is 5.82 Å². The van der Waals surface area contributed by atoms with Crippen molar-refractivity contribution in [3.05, 3.63) is 22.4 Å². The lowest BCUT2D eigenvalue weighted by molar-refractivity contribution is 0.191. The van der Waals surface area contributed by atoms with Crippen LogP contribution in [0.3, 0.4) is 0 Å². The van der Waals surface area contributed by atoms with Gasteiger partial charge in [0.2, 0.25) is 0 Å². The van der Waals surface area contributed by atoms with Crippen LogP contribution >= 0.6 is 15.9 Å². The van der Waals surface area contributed by atoms with E-state index in [1.807, 2.05) is 6.92 Å². The first-order valence-electron chi connectivity index (χ1n) is 5.04. The molecule has 0 aromatic heterocycles. The lowest BCUT2D eigenvalue weighted by Gasteiger charge is -2.16. The molecule has 3 N–H and O–H groups in total. The molecule has 1 atom stereocenters. The summed E-state index contributed by atoms with van der Waals surface area (Å²) >= 11 is 3.09. The van der Waals surface area contributed by atoms with E-state index in [-0.39, 0.29) is 11.9 Å². The minimum absolute atomic E-state index is 0.183. The number of anilines is 2. The standard InChI is InChI=1S/C11H16BrFN2O/c1-7(3-4-16-2)15-11-6-9(13)8(12)5-10(11)14/h5-7,15H,3-4,14H2,1-2H3. The molecule has 0 radical (unpaired) electrons. The van der Waals surface area contributed by atoms with E-state index in [4.69, 9.17) is 10.5 Å². The molecule has 0 spiro atoms. The van der Waals surface area contributed by atoms with Crippen LogP contribution in [0.4, 0.5) is 15.8 Å². The molecule has 1 unspecified atom stereocenters. The summed E-state index contributed by atoms with van der Waals surface area (Å²) in [5.41, 5.74) is 6.92. The lowest BCUT2D eigenvalue weighted by atomic mass is 10.2. The van der Waals surface area contributed by atoms with E-state index in [1.165, 1.54) is 6.07 Å². The van der Waals surface area contributed by atoms with Crippen LogP contribution in [0.15, 0.2) is 16.6 Å². The number of halogens is 2. The Morgan fingerprint density at radius 1 is 1.56 bits per heavy atom. The van der Waals surface area contributed by atoms with Gasteiger partial charge in [0.1, 0.15) is 5.82 Å². The Hall–Kier alpha value is -0.810. The van der Waals surface area contributed by atoms with Crippen molar-refractivity contribution in [2.24, 2.45) is 0 Å². The zero-order valence-corrected chi connectivity index (χ0v) is 11.0. The summed E-state index contributed by atoms with van der Waals surface area (Å²) < 4.78 is 18.6. The second-order valence-corrected chi connectivity index (χ2v) is 4.53. The van der Waals surface area contributed by atoms with Gasteiger partial charge in [-0.2, -0.15) is 0 Å². The quantitative estimate of drug-likeness (QED) is 0.820. The van der Waals surface area contributed by atoms with Crippen molar-refractivity contribution in [3.63, 3.8) is 0 Å². The van der Waals surface area contributed by atoms with E-state index >= 15 is 0 Å². The van der Waals surface area contributed by atoms with E-state index in [2.05, 4.69) is 21.2 Å². The van der Waals surface area contributed by atoms with E-state index in [0.29, 0.717) is 22.5 Å². The summed E-state index contributed by atoms with van der Waals surface area (Å²) in [5.74, 6) is -0.323. The summed E-state index contributed by atoms with van der Waals surface area (Å²) in [6.45, 7) is 2.66. The first kappa shape index (κ1) is 13.3. The number of nitrogens with two attached hydrogens (primary N) is 1. The van der Waals surface area contributed by atoms with Gasteiger partial charge in [0, 0.05) is 25.8 Å². The number of hydrogen-bond acceptors (Lipinski definition) is 3. The molecule has 0 fully saturated rings. The SMILES string of the molecule is COCCC(C)Nc1cc(F)c(Br)cc1N. The Balaban J connectivity index is 2.69. The molecular formula is C11H16BrFN2O. The van der Waals surface area contributed by atoms with Crippen LogP contribution < -0.4 is 11.1 Å². The normalized spacial score (nSPS) is 12.5. The highest BCUT2D eigenvalue weighted by Crippen LogP contribution is 2.27. The fraction of sp³-hybridized carbons (Fsp3) is 0.455. The van der Waals surface area contributed by atoms with Crippen molar-refractivity contribution in [1.29, 1.82) is 0 Å². The van der Waals surface area contributed by atoms with Gasteiger partial charge in [-0.05, 0) is 35.3 Å². The van der Waals surface area contributed by atoms with Crippen LogP contribution in [0.5, 0.6) is 0 Å². The summed E-state index contributed by atoms with van der Waals surface area (Å²) in [5, 5.41) is 3.15. The third-order valence-electron chi connectivity index (χ3n) is 2.25. The Bertz CT molecular complexity index is 360. The van der Waals surface area contributed by atoms with Gasteiger partial charge in [0.05, 0.1) is 15.8 Å². The van der Waals surface area contributed by atoms with Gasteiger partial charge in [0.15, 0.2) is 0 Å². The maximum atomic E-state index is 13.3. The first-order valence-corrected chi connectivity index (χ1v) is 5.84. The number of rotatable bonds is 5. The Labute approximate surface area is 103 Å². The zero-order valence-electron chi connectivity index (χ0n) is 9.39. The van der Waals surface area contributed by atoms with E-state index < -0.39 is 0 Å². The summed E-state index contributed by atoms with van der Waals surface area (Å²) in [6.07, 6.45) is 0.841. The molecule has 90 valence electrons. The summed E-state index contributed by atoms with van der Waals surface area (Å²) in [6, 6.07) is 3.13. The molecule has 3 nitrogen and oxygen atoms in total. The van der Waals surface area contributed by atoms with Crippen molar-refractivity contribution in [1.82, 2.24) is 0 Å². The number of nitrogen functional groups attached to an aromatic ring is 1. The molecule has 1 rings (SSSR count). The fourth-order valence-corrected chi connectivity index (χ4v) is 1.68. The van der Waals surface area contributed by atoms with Gasteiger partial charge in [-0.1, -0.05) is 0 Å². The van der Waals surface area contributed by atoms with Gasteiger partial charge >= 0.3 is 0 Å². The van der Waals surface area contributed by atoms with E-state index in [0.717, 1.165) is 6.42 Å². The van der Waals surface area contributed by atoms with Crippen molar-refractivity contribution >= 4 is 27.3 Å². The van der Waals surface area contributed by atoms with Crippen LogP contribution in [0.25, 0.3) is 0 Å². The average Bonchev–Trinajstić information content (AvgIpc) is 2.23. The number of benzene rings is 1. The monoisotopic (exact) mass is 290 g/mol. The molecule has 0 heterocycles. The van der Waals surface area contributed by atoms with E-state index in [1.54, 1.807) is 13.2 Å². The van der Waals surface area contributed by atoms with Crippen LogP contribution in [0.2, 0.25) is 0 Å². The maximum Gasteiger partial charge on any atom is 0.139 e. The minimum atomic E-state index is -0.323. The first-order chi connectivity index (χ1) is 7.54. The Morgan fingerprint density at radius 2 is 2.25 bits per heavy atom. The van der Waals surface area contributed by atoms with Crippen LogP contribution in [0.1, 0.15) is 13.3 Å². The van der Waals surface area contributed by atoms with Gasteiger partial charge in [-0.25, -0.2) is 4.39 Å². The average molecular weight is 291 g/mol. The van der Waals surface area contributed by atoms with Gasteiger partial charge in [-0.15, -0.1) is 0 Å². The molecule has 0 aliphatic heterocycles. The third-order valence-corrected chi connectivity index (χ3v) is 2.86. The smallest absolute Gasteiger partial charge is 0.139 e. The Kier molecular flexibility index (Phi) is 5.02. The van der Waals surface area contributed by atoms with Crippen LogP contribution in [-0.2, 0) is 4.74 Å². The number of nitrogens with one attached hydrogen (secondary N) is 1. The lowest BCUT2D eigenvalue weighted by Crippen LogP contribution is -2.18. The highest BCUT2D eigenvalue weighted by atomic mass is 79.9. The third kappa shape index (κ3) is 3.64. The van der Waals surface area contributed by atoms with Crippen molar-refractivity contribution in [3.8, 4) is 0 Å². The maximum absolute atomic E-state index is 13.3. The molecular weight excluding hydrogens is 275 g/mol. The molecule has 1 aromatic rings. The molecule has 0 aliphatic rings. The van der Waals surface area contributed by atoms with Crippen LogP contribution in [-0.4, -0.2) is 19.8 Å². The predicted molar refractivity (Wildman–Crippen MR) is 68.1 cm³/mol. The largest absolute Gasteiger partial charge is 0.397 e. The molecule has 1 aromatic carbocycles. The molecule has 0 bridgehead atoms. The molecule has 0 saturated carbocycles. The topological polar surface area (TPSA) is 47.3 Å². The van der Waals surface area contributed by atoms with Gasteiger partial charge in [0.25, 0.3) is 0 Å². The second-order valence-electron chi connectivity index (χ2n) is 3.68. The van der Waals surface area contributed by atoms with E-state index in [9.17, 15) is 4.39 Å².